The molecule has 1 saturated heterocycles. The van der Waals surface area contributed by atoms with Gasteiger partial charge in [0.25, 0.3) is 0 Å². The Labute approximate surface area is 184 Å². The molecule has 0 aliphatic carbocycles. The summed E-state index contributed by atoms with van der Waals surface area (Å²) in [5, 5.41) is 11.1. The molecule has 31 heavy (non-hydrogen) atoms. The lowest BCUT2D eigenvalue weighted by Crippen LogP contribution is -2.28. The molecule has 0 spiro atoms. The maximum atomic E-state index is 13.1. The van der Waals surface area contributed by atoms with Gasteiger partial charge in [0.2, 0.25) is 5.91 Å². The molecule has 0 radical (unpaired) electrons. The maximum absolute atomic E-state index is 13.1. The second kappa shape index (κ2) is 8.37. The molecule has 1 fully saturated rings. The summed E-state index contributed by atoms with van der Waals surface area (Å²) in [6, 6.07) is 18.5. The number of aryl methyl sites for hydroxylation is 1. The summed E-state index contributed by atoms with van der Waals surface area (Å²) in [5.74, 6) is 0.0237. The fourth-order valence-electron chi connectivity index (χ4n) is 4.34. The van der Waals surface area contributed by atoms with Gasteiger partial charge in [-0.05, 0) is 37.1 Å². The molecule has 5 rings (SSSR count). The zero-order chi connectivity index (χ0) is 21.2. The predicted molar refractivity (Wildman–Crippen MR) is 125 cm³/mol. The number of benzene rings is 2. The van der Waals surface area contributed by atoms with Crippen LogP contribution in [-0.4, -0.2) is 26.9 Å². The molecular weight excluding hydrogens is 404 g/mol. The van der Waals surface area contributed by atoms with Crippen molar-refractivity contribution in [3.63, 3.8) is 0 Å². The highest BCUT2D eigenvalue weighted by Gasteiger charge is 2.31. The van der Waals surface area contributed by atoms with Crippen molar-refractivity contribution in [2.45, 2.75) is 31.8 Å². The van der Waals surface area contributed by atoms with E-state index in [0.29, 0.717) is 13.0 Å². The summed E-state index contributed by atoms with van der Waals surface area (Å²) >= 11 is 1.68. The molecule has 1 unspecified atom stereocenters. The number of hydrogen-bond acceptors (Lipinski definition) is 4. The van der Waals surface area contributed by atoms with Crippen molar-refractivity contribution in [2.24, 2.45) is 0 Å². The van der Waals surface area contributed by atoms with Crippen LogP contribution in [0.15, 0.2) is 60.8 Å². The van der Waals surface area contributed by atoms with Crippen molar-refractivity contribution in [3.8, 4) is 6.07 Å². The van der Waals surface area contributed by atoms with E-state index < -0.39 is 0 Å². The van der Waals surface area contributed by atoms with Gasteiger partial charge in [0.15, 0.2) is 0 Å². The number of nitrogens with zero attached hydrogens (tertiary/aromatic N) is 4. The average Bonchev–Trinajstić information content (AvgIpc) is 3.52. The van der Waals surface area contributed by atoms with E-state index in [0.717, 1.165) is 51.1 Å². The Hall–Kier alpha value is -3.43. The Bertz CT molecular complexity index is 1290. The number of carbonyl (C=O) groups excluding carboxylic acids is 1. The summed E-state index contributed by atoms with van der Waals surface area (Å²) in [6.07, 6.45) is 8.02. The van der Waals surface area contributed by atoms with Gasteiger partial charge in [0.1, 0.15) is 5.01 Å². The second-order valence-corrected chi connectivity index (χ2v) is 8.81. The summed E-state index contributed by atoms with van der Waals surface area (Å²) < 4.78 is 3.25. The number of aromatic nitrogens is 2. The smallest absolute Gasteiger partial charge is 0.247 e. The highest BCUT2D eigenvalue weighted by atomic mass is 32.1. The van der Waals surface area contributed by atoms with Crippen LogP contribution >= 0.6 is 11.3 Å². The normalized spacial score (nSPS) is 16.5. The number of amides is 1. The third kappa shape index (κ3) is 3.73. The quantitative estimate of drug-likeness (QED) is 0.394. The average molecular weight is 427 g/mol. The molecule has 1 amide bonds. The van der Waals surface area contributed by atoms with Crippen LogP contribution in [-0.2, 0) is 11.3 Å². The number of rotatable bonds is 5. The van der Waals surface area contributed by atoms with Crippen molar-refractivity contribution >= 4 is 44.4 Å². The Morgan fingerprint density at radius 1 is 1.23 bits per heavy atom. The van der Waals surface area contributed by atoms with E-state index >= 15 is 0 Å². The fraction of sp³-hybridized carbons (Fsp3) is 0.240. The van der Waals surface area contributed by atoms with Crippen LogP contribution in [0.25, 0.3) is 27.2 Å². The number of likely N-dealkylation sites (tertiary alicyclic amines) is 1. The highest BCUT2D eigenvalue weighted by Crippen LogP contribution is 2.36. The van der Waals surface area contributed by atoms with E-state index in [1.807, 2.05) is 47.5 Å². The second-order valence-electron chi connectivity index (χ2n) is 7.75. The molecule has 4 aromatic rings. The first-order chi connectivity index (χ1) is 15.2. The van der Waals surface area contributed by atoms with Gasteiger partial charge in [-0.1, -0.05) is 30.3 Å². The molecule has 1 aliphatic heterocycles. The van der Waals surface area contributed by atoms with E-state index in [-0.39, 0.29) is 11.9 Å². The topological polar surface area (TPSA) is 61.9 Å². The number of thiazole rings is 1. The van der Waals surface area contributed by atoms with Crippen LogP contribution in [0.1, 0.15) is 35.9 Å². The minimum absolute atomic E-state index is 0.0237. The standard InChI is InChI=1S/C25H22N4OS/c26-14-6-15-28-17-18(19-7-1-3-9-21(19)28)12-13-24(30)29-16-5-10-22(29)25-27-20-8-2-4-11-23(20)31-25/h1-4,7-9,11-13,17,22H,5-6,10,15-16H2/b13-12+. The largest absolute Gasteiger partial charge is 0.346 e. The molecule has 6 heteroatoms. The zero-order valence-electron chi connectivity index (χ0n) is 17.1. The summed E-state index contributed by atoms with van der Waals surface area (Å²) in [4.78, 5) is 19.8. The third-order valence-electron chi connectivity index (χ3n) is 5.82. The molecular formula is C25H22N4OS. The Balaban J connectivity index is 1.40. The third-order valence-corrected chi connectivity index (χ3v) is 6.96. The van der Waals surface area contributed by atoms with Crippen molar-refractivity contribution in [2.75, 3.05) is 6.54 Å². The van der Waals surface area contributed by atoms with Gasteiger partial charge < -0.3 is 9.47 Å². The summed E-state index contributed by atoms with van der Waals surface area (Å²) in [7, 11) is 0. The first kappa shape index (κ1) is 19.5. The minimum atomic E-state index is 0.0237. The first-order valence-electron chi connectivity index (χ1n) is 10.5. The minimum Gasteiger partial charge on any atom is -0.346 e. The van der Waals surface area contributed by atoms with Crippen molar-refractivity contribution in [1.29, 1.82) is 5.26 Å². The number of nitriles is 1. The van der Waals surface area contributed by atoms with Gasteiger partial charge in [-0.3, -0.25) is 4.79 Å². The SMILES string of the molecule is N#CCCn1cc(/C=C/C(=O)N2CCCC2c2nc3ccccc3s2)c2ccccc21. The maximum Gasteiger partial charge on any atom is 0.247 e. The lowest BCUT2D eigenvalue weighted by molar-refractivity contribution is -0.126. The van der Waals surface area contributed by atoms with Crippen LogP contribution in [0, 0.1) is 11.3 Å². The van der Waals surface area contributed by atoms with Crippen LogP contribution in [0.4, 0.5) is 0 Å². The summed E-state index contributed by atoms with van der Waals surface area (Å²) in [6.45, 7) is 1.40. The molecule has 1 aliphatic rings. The highest BCUT2D eigenvalue weighted by molar-refractivity contribution is 7.18. The first-order valence-corrected chi connectivity index (χ1v) is 11.4. The fourth-order valence-corrected chi connectivity index (χ4v) is 5.46. The predicted octanol–water partition coefficient (Wildman–Crippen LogP) is 5.54. The number of carbonyl (C=O) groups is 1. The summed E-state index contributed by atoms with van der Waals surface area (Å²) in [5.41, 5.74) is 3.08. The molecule has 0 saturated carbocycles. The van der Waals surface area contributed by atoms with Crippen molar-refractivity contribution < 1.29 is 4.79 Å². The van der Waals surface area contributed by atoms with E-state index in [2.05, 4.69) is 28.8 Å². The number of fused-ring (bicyclic) bond motifs is 2. The van der Waals surface area contributed by atoms with Gasteiger partial charge in [-0.25, -0.2) is 4.98 Å². The zero-order valence-corrected chi connectivity index (χ0v) is 17.9. The molecule has 2 aromatic heterocycles. The van der Waals surface area contributed by atoms with Crippen molar-refractivity contribution in [1.82, 2.24) is 14.5 Å². The van der Waals surface area contributed by atoms with Crippen LogP contribution in [0.3, 0.4) is 0 Å². The molecule has 0 bridgehead atoms. The Kier molecular flexibility index (Phi) is 5.27. The Morgan fingerprint density at radius 2 is 2.06 bits per heavy atom. The van der Waals surface area contributed by atoms with E-state index in [4.69, 9.17) is 10.2 Å². The molecule has 5 nitrogen and oxygen atoms in total. The lowest BCUT2D eigenvalue weighted by atomic mass is 10.1. The van der Waals surface area contributed by atoms with E-state index in [1.165, 1.54) is 0 Å². The molecule has 0 N–H and O–H groups in total. The monoisotopic (exact) mass is 426 g/mol. The van der Waals surface area contributed by atoms with Gasteiger partial charge >= 0.3 is 0 Å². The van der Waals surface area contributed by atoms with Crippen LogP contribution in [0.5, 0.6) is 0 Å². The van der Waals surface area contributed by atoms with Gasteiger partial charge in [0, 0.05) is 41.8 Å². The van der Waals surface area contributed by atoms with Crippen LogP contribution < -0.4 is 0 Å². The van der Waals surface area contributed by atoms with E-state index in [1.54, 1.807) is 17.4 Å². The Morgan fingerprint density at radius 3 is 2.94 bits per heavy atom. The molecule has 154 valence electrons. The molecule has 2 aromatic carbocycles. The number of hydrogen-bond donors (Lipinski definition) is 0. The molecule has 1 atom stereocenters. The molecule has 3 heterocycles. The van der Waals surface area contributed by atoms with Crippen molar-refractivity contribution in [3.05, 3.63) is 71.4 Å². The van der Waals surface area contributed by atoms with Gasteiger partial charge in [-0.2, -0.15) is 5.26 Å². The van der Waals surface area contributed by atoms with E-state index in [9.17, 15) is 4.79 Å². The van der Waals surface area contributed by atoms with Gasteiger partial charge in [-0.15, -0.1) is 11.3 Å². The lowest BCUT2D eigenvalue weighted by Gasteiger charge is -2.21. The van der Waals surface area contributed by atoms with Gasteiger partial charge in [0.05, 0.1) is 28.7 Å². The number of para-hydroxylation sites is 2. The van der Waals surface area contributed by atoms with Crippen LogP contribution in [0.2, 0.25) is 0 Å².